The highest BCUT2D eigenvalue weighted by Gasteiger charge is 2.47. The molecule has 1 N–H and O–H groups in total. The summed E-state index contributed by atoms with van der Waals surface area (Å²) in [4.78, 5) is 23.8. The predicted molar refractivity (Wildman–Crippen MR) is 84.0 cm³/mol. The van der Waals surface area contributed by atoms with Crippen molar-refractivity contribution in [2.75, 3.05) is 13.2 Å². The van der Waals surface area contributed by atoms with E-state index in [-0.39, 0.29) is 24.7 Å². The number of amides is 2. The number of nitrogens with zero attached hydrogens (tertiary/aromatic N) is 3. The maximum Gasteiger partial charge on any atom is 0.345 e. The molecular formula is C14H17BN4O4. The summed E-state index contributed by atoms with van der Waals surface area (Å²) >= 11 is 0. The van der Waals surface area contributed by atoms with Gasteiger partial charge in [-0.1, -0.05) is 12.2 Å². The van der Waals surface area contributed by atoms with Crippen LogP contribution in [0.15, 0.2) is 35.7 Å². The fourth-order valence-corrected chi connectivity index (χ4v) is 2.88. The van der Waals surface area contributed by atoms with E-state index < -0.39 is 0 Å². The smallest absolute Gasteiger partial charge is 0.345 e. The summed E-state index contributed by atoms with van der Waals surface area (Å²) in [5.74, 6) is 0.620. The zero-order valence-electron chi connectivity index (χ0n) is 12.6. The van der Waals surface area contributed by atoms with Gasteiger partial charge in [-0.15, -0.1) is 6.58 Å². The van der Waals surface area contributed by atoms with Crippen molar-refractivity contribution in [3.05, 3.63) is 37.1 Å². The van der Waals surface area contributed by atoms with Crippen molar-refractivity contribution in [1.29, 1.82) is 5.41 Å². The van der Waals surface area contributed by atoms with E-state index in [2.05, 4.69) is 11.6 Å². The number of hydrogen-bond donors (Lipinski definition) is 1. The van der Waals surface area contributed by atoms with E-state index in [0.717, 1.165) is 12.0 Å². The van der Waals surface area contributed by atoms with Crippen molar-refractivity contribution in [2.24, 2.45) is 0 Å². The summed E-state index contributed by atoms with van der Waals surface area (Å²) in [6, 6.07) is -0.575. The number of oxazole rings is 1. The van der Waals surface area contributed by atoms with Crippen LogP contribution in [0.4, 0.5) is 4.79 Å². The third-order valence-corrected chi connectivity index (χ3v) is 3.88. The summed E-state index contributed by atoms with van der Waals surface area (Å²) < 4.78 is 10.4. The maximum atomic E-state index is 12.6. The molecule has 2 bridgehead atoms. The minimum atomic E-state index is -0.240. The molecule has 2 amide bonds. The number of nitrogens with one attached hydrogen (secondary N) is 1. The van der Waals surface area contributed by atoms with Gasteiger partial charge in [0.2, 0.25) is 0 Å². The molecule has 9 heteroatoms. The second kappa shape index (κ2) is 6.70. The molecule has 2 aliphatic heterocycles. The highest BCUT2D eigenvalue weighted by atomic mass is 16.7. The quantitative estimate of drug-likeness (QED) is 0.254. The van der Waals surface area contributed by atoms with E-state index in [1.54, 1.807) is 17.2 Å². The summed E-state index contributed by atoms with van der Waals surface area (Å²) in [6.07, 6.45) is 8.05. The van der Waals surface area contributed by atoms with E-state index in [0.29, 0.717) is 26.1 Å². The van der Waals surface area contributed by atoms with Gasteiger partial charge in [-0.25, -0.2) is 9.78 Å². The summed E-state index contributed by atoms with van der Waals surface area (Å²) in [6.45, 7) is 4.37. The van der Waals surface area contributed by atoms with E-state index in [9.17, 15) is 4.79 Å². The first-order chi connectivity index (χ1) is 11.3. The van der Waals surface area contributed by atoms with Crippen LogP contribution in [0, 0.1) is 5.41 Å². The lowest BCUT2D eigenvalue weighted by atomic mass is 9.85. The molecule has 120 valence electrons. The molecule has 3 heterocycles. The van der Waals surface area contributed by atoms with Crippen LogP contribution in [-0.2, 0) is 9.49 Å². The number of carbonyl (C=O) groups is 1. The largest absolute Gasteiger partial charge is 0.557 e. The van der Waals surface area contributed by atoms with E-state index in [4.69, 9.17) is 19.3 Å². The molecule has 1 fully saturated rings. The van der Waals surface area contributed by atoms with Crippen LogP contribution in [0.25, 0.3) is 5.57 Å². The van der Waals surface area contributed by atoms with E-state index in [1.807, 2.05) is 6.08 Å². The first-order valence-electron chi connectivity index (χ1n) is 7.31. The highest BCUT2D eigenvalue weighted by molar-refractivity contribution is 6.29. The second-order valence-corrected chi connectivity index (χ2v) is 5.19. The molecule has 0 spiro atoms. The Kier molecular flexibility index (Phi) is 4.47. The minimum absolute atomic E-state index is 0.142. The van der Waals surface area contributed by atoms with Gasteiger partial charge in [-0.2, -0.15) is 5.06 Å². The van der Waals surface area contributed by atoms with Gasteiger partial charge in [0.25, 0.3) is 0 Å². The lowest BCUT2D eigenvalue weighted by molar-refractivity contribution is -0.106. The van der Waals surface area contributed by atoms with Crippen LogP contribution in [0.5, 0.6) is 0 Å². The molecule has 8 nitrogen and oxygen atoms in total. The molecule has 1 saturated heterocycles. The molecule has 0 aliphatic carbocycles. The zero-order chi connectivity index (χ0) is 16.2. The van der Waals surface area contributed by atoms with Crippen LogP contribution >= 0.6 is 0 Å². The molecule has 23 heavy (non-hydrogen) atoms. The van der Waals surface area contributed by atoms with Gasteiger partial charge in [0, 0.05) is 11.6 Å². The summed E-state index contributed by atoms with van der Waals surface area (Å²) in [5.41, 5.74) is 0.869. The van der Waals surface area contributed by atoms with Gasteiger partial charge >= 0.3 is 13.5 Å². The van der Waals surface area contributed by atoms with Gasteiger partial charge in [0.15, 0.2) is 12.2 Å². The third-order valence-electron chi connectivity index (χ3n) is 3.88. The molecule has 1 aromatic rings. The van der Waals surface area contributed by atoms with E-state index >= 15 is 0 Å². The van der Waals surface area contributed by atoms with Crippen LogP contribution < -0.4 is 0 Å². The normalized spacial score (nSPS) is 22.8. The lowest BCUT2D eigenvalue weighted by Gasteiger charge is -2.28. The molecule has 2 aliphatic rings. The van der Waals surface area contributed by atoms with Crippen molar-refractivity contribution in [3.63, 3.8) is 0 Å². The number of hydroxylamine groups is 2. The van der Waals surface area contributed by atoms with Gasteiger partial charge in [-0.05, 0) is 6.32 Å². The fourth-order valence-electron chi connectivity index (χ4n) is 2.88. The molecule has 1 aromatic heterocycles. The Hall–Kier alpha value is -2.55. The number of carbonyl (C=O) groups excluding carboxylic acids is 1. The highest BCUT2D eigenvalue weighted by Crippen LogP contribution is 2.36. The van der Waals surface area contributed by atoms with Crippen molar-refractivity contribution in [1.82, 2.24) is 14.9 Å². The summed E-state index contributed by atoms with van der Waals surface area (Å²) in [7, 11) is 0.357. The van der Waals surface area contributed by atoms with Crippen LogP contribution in [-0.4, -0.2) is 60.1 Å². The third kappa shape index (κ3) is 2.87. The Labute approximate surface area is 134 Å². The number of rotatable bonds is 8. The molecule has 1 unspecified atom stereocenters. The summed E-state index contributed by atoms with van der Waals surface area (Å²) in [5, 5.41) is 8.29. The van der Waals surface area contributed by atoms with Crippen molar-refractivity contribution in [2.45, 2.75) is 18.4 Å². The van der Waals surface area contributed by atoms with E-state index in [1.165, 1.54) is 11.5 Å². The fraction of sp³-hybridized carbons (Fsp3) is 0.357. The zero-order valence-corrected chi connectivity index (χ0v) is 12.6. The van der Waals surface area contributed by atoms with Crippen molar-refractivity contribution < 1.29 is 18.7 Å². The Morgan fingerprint density at radius 2 is 2.48 bits per heavy atom. The maximum absolute atomic E-state index is 12.6. The number of fused-ring (bicyclic) bond motifs is 2. The van der Waals surface area contributed by atoms with Gasteiger partial charge in [0.1, 0.15) is 12.4 Å². The number of hydrogen-bond acceptors (Lipinski definition) is 6. The van der Waals surface area contributed by atoms with Crippen molar-refractivity contribution in [3.8, 4) is 0 Å². The standard InChI is InChI=1S/C14H17BN4O4/c1-2-3-23-19-12-7-18(14(19)20)10(5-15-22-8-16)4-11(12)13-6-17-9-21-13/h2,4,6,8-10,12,15-16H,1,3,5,7H2/t10-,12?/m0/s1. The Morgan fingerprint density at radius 1 is 1.61 bits per heavy atom. The average Bonchev–Trinajstić information content (AvgIpc) is 3.17. The molecule has 0 saturated carbocycles. The first kappa shape index (κ1) is 15.4. The Bertz CT molecular complexity index is 618. The Morgan fingerprint density at radius 3 is 3.17 bits per heavy atom. The molecular weight excluding hydrogens is 299 g/mol. The number of aromatic nitrogens is 1. The SMILES string of the molecule is C=CCON1C(=O)N2CC1C(c1cnco1)=C[C@H]2CBOC=N. The average molecular weight is 316 g/mol. The van der Waals surface area contributed by atoms with Gasteiger partial charge < -0.3 is 14.0 Å². The minimum Gasteiger partial charge on any atom is -0.557 e. The topological polar surface area (TPSA) is 91.9 Å². The lowest BCUT2D eigenvalue weighted by Crippen LogP contribution is -2.39. The monoisotopic (exact) mass is 316 g/mol. The predicted octanol–water partition coefficient (Wildman–Crippen LogP) is 1.06. The molecule has 3 rings (SSSR count). The molecule has 0 aromatic carbocycles. The first-order valence-corrected chi connectivity index (χ1v) is 7.31. The van der Waals surface area contributed by atoms with Crippen LogP contribution in [0.1, 0.15) is 5.76 Å². The van der Waals surface area contributed by atoms with Crippen molar-refractivity contribution >= 4 is 25.5 Å². The molecule has 0 radical (unpaired) electrons. The van der Waals surface area contributed by atoms with Gasteiger partial charge in [0.05, 0.1) is 19.3 Å². The van der Waals surface area contributed by atoms with Crippen LogP contribution in [0.3, 0.4) is 0 Å². The Balaban J connectivity index is 1.87. The van der Waals surface area contributed by atoms with Gasteiger partial charge in [-0.3, -0.25) is 10.2 Å². The molecule has 2 atom stereocenters. The van der Waals surface area contributed by atoms with Crippen LogP contribution in [0.2, 0.25) is 6.32 Å². The second-order valence-electron chi connectivity index (χ2n) is 5.19. The number of urea groups is 1.